The number of ether oxygens (including phenoxy) is 1. The molecule has 0 aliphatic rings. The molecule has 0 bridgehead atoms. The number of allylic oxidation sites excluding steroid dienone is 2. The van der Waals surface area contributed by atoms with Crippen molar-refractivity contribution in [2.24, 2.45) is 0 Å². The topological polar surface area (TPSA) is 9.23 Å². The smallest absolute Gasteiger partial charge is 0.119 e. The van der Waals surface area contributed by atoms with Crippen LogP contribution in [0.1, 0.15) is 76.8 Å². The van der Waals surface area contributed by atoms with Gasteiger partial charge in [-0.2, -0.15) is 0 Å². The lowest BCUT2D eigenvalue weighted by molar-refractivity contribution is 0.304. The maximum atomic E-state index is 5.93. The van der Waals surface area contributed by atoms with Gasteiger partial charge in [0.25, 0.3) is 0 Å². The molecule has 0 fully saturated rings. The number of aryl methyl sites for hydroxylation is 1. The molecule has 0 amide bonds. The van der Waals surface area contributed by atoms with Gasteiger partial charge in [-0.1, -0.05) is 58.1 Å². The van der Waals surface area contributed by atoms with Gasteiger partial charge in [0.2, 0.25) is 0 Å². The average molecular weight is 288 g/mol. The number of hydrogen-bond acceptors (Lipinski definition) is 1. The first-order valence-corrected chi connectivity index (χ1v) is 8.61. The van der Waals surface area contributed by atoms with E-state index in [0.29, 0.717) is 0 Å². The predicted octanol–water partition coefficient (Wildman–Crippen LogP) is 6.55. The summed E-state index contributed by atoms with van der Waals surface area (Å²) in [6, 6.07) is 6.50. The number of benzene rings is 1. The molecule has 1 heteroatoms. The van der Waals surface area contributed by atoms with Gasteiger partial charge < -0.3 is 4.74 Å². The quantitative estimate of drug-likeness (QED) is 0.444. The van der Waals surface area contributed by atoms with Gasteiger partial charge in [-0.3, -0.25) is 0 Å². The van der Waals surface area contributed by atoms with E-state index in [2.05, 4.69) is 52.0 Å². The van der Waals surface area contributed by atoms with E-state index < -0.39 is 0 Å². The summed E-state index contributed by atoms with van der Waals surface area (Å²) < 4.78 is 5.93. The molecule has 0 unspecified atom stereocenters. The Morgan fingerprint density at radius 2 is 1.81 bits per heavy atom. The number of hydrogen-bond donors (Lipinski definition) is 0. The molecule has 118 valence electrons. The summed E-state index contributed by atoms with van der Waals surface area (Å²) >= 11 is 0. The van der Waals surface area contributed by atoms with Crippen LogP contribution in [-0.4, -0.2) is 6.61 Å². The van der Waals surface area contributed by atoms with Crippen LogP contribution in [0.2, 0.25) is 0 Å². The van der Waals surface area contributed by atoms with Crippen molar-refractivity contribution in [3.8, 4) is 5.75 Å². The van der Waals surface area contributed by atoms with Crippen molar-refractivity contribution in [1.82, 2.24) is 0 Å². The van der Waals surface area contributed by atoms with Gasteiger partial charge in [0.15, 0.2) is 0 Å². The summed E-state index contributed by atoms with van der Waals surface area (Å²) in [5.74, 6) is 1.02. The fraction of sp³-hybridized carbons (Fsp3) is 0.600. The van der Waals surface area contributed by atoms with Gasteiger partial charge >= 0.3 is 0 Å². The minimum atomic E-state index is 0.838. The summed E-state index contributed by atoms with van der Waals surface area (Å²) in [5.41, 5.74) is 4.12. The third-order valence-corrected chi connectivity index (χ3v) is 3.94. The van der Waals surface area contributed by atoms with Crippen LogP contribution in [0.4, 0.5) is 0 Å². The molecule has 1 aromatic carbocycles. The molecule has 21 heavy (non-hydrogen) atoms. The van der Waals surface area contributed by atoms with Crippen LogP contribution in [0.5, 0.6) is 5.75 Å². The molecule has 1 aromatic rings. The van der Waals surface area contributed by atoms with E-state index in [1.807, 2.05) is 0 Å². The molecule has 1 rings (SSSR count). The van der Waals surface area contributed by atoms with E-state index in [1.54, 1.807) is 0 Å². The van der Waals surface area contributed by atoms with E-state index in [1.165, 1.54) is 48.8 Å². The average Bonchev–Trinajstić information content (AvgIpc) is 2.50. The lowest BCUT2D eigenvalue weighted by Crippen LogP contribution is -1.99. The Kier molecular flexibility index (Phi) is 8.89. The second-order valence-electron chi connectivity index (χ2n) is 5.80. The fourth-order valence-electron chi connectivity index (χ4n) is 2.64. The third-order valence-electron chi connectivity index (χ3n) is 3.94. The first-order chi connectivity index (χ1) is 10.2. The molecule has 0 saturated carbocycles. The molecule has 0 atom stereocenters. The van der Waals surface area contributed by atoms with Crippen LogP contribution in [0.25, 0.3) is 5.57 Å². The van der Waals surface area contributed by atoms with E-state index >= 15 is 0 Å². The standard InChI is InChI=1S/C20H32O/c1-5-8-9-10-11-15-21-19-14-13-17(4)20(16-19)18(7-3)12-6-2/h7,13-14,16H,5-6,8-12,15H2,1-4H3/b18-7-. The molecule has 0 aromatic heterocycles. The van der Waals surface area contributed by atoms with Gasteiger partial charge in [0.1, 0.15) is 5.75 Å². The molecule has 1 nitrogen and oxygen atoms in total. The van der Waals surface area contributed by atoms with E-state index in [-0.39, 0.29) is 0 Å². The Morgan fingerprint density at radius 3 is 2.48 bits per heavy atom. The Morgan fingerprint density at radius 1 is 1.05 bits per heavy atom. The van der Waals surface area contributed by atoms with Crippen molar-refractivity contribution in [2.45, 2.75) is 72.6 Å². The SMILES string of the molecule is C/C=C(/CCC)c1cc(OCCCCCCC)ccc1C. The highest BCUT2D eigenvalue weighted by molar-refractivity contribution is 5.69. The lowest BCUT2D eigenvalue weighted by atomic mass is 9.97. The zero-order chi connectivity index (χ0) is 15.5. The minimum Gasteiger partial charge on any atom is -0.494 e. The monoisotopic (exact) mass is 288 g/mol. The Bertz CT molecular complexity index is 431. The normalized spacial score (nSPS) is 11.7. The fourth-order valence-corrected chi connectivity index (χ4v) is 2.64. The molecule has 0 spiro atoms. The first-order valence-electron chi connectivity index (χ1n) is 8.61. The Labute approximate surface area is 131 Å². The zero-order valence-corrected chi connectivity index (χ0v) is 14.4. The second-order valence-corrected chi connectivity index (χ2v) is 5.80. The van der Waals surface area contributed by atoms with E-state index in [0.717, 1.165) is 25.2 Å². The summed E-state index contributed by atoms with van der Waals surface area (Å²) in [4.78, 5) is 0. The van der Waals surface area contributed by atoms with E-state index in [4.69, 9.17) is 4.74 Å². The van der Waals surface area contributed by atoms with Crippen LogP contribution in [0, 0.1) is 6.92 Å². The summed E-state index contributed by atoms with van der Waals surface area (Å²) in [7, 11) is 0. The predicted molar refractivity (Wildman–Crippen MR) is 94.0 cm³/mol. The van der Waals surface area contributed by atoms with Gasteiger partial charge in [0.05, 0.1) is 6.61 Å². The first kappa shape index (κ1) is 17.8. The summed E-state index contributed by atoms with van der Waals surface area (Å²) in [5, 5.41) is 0. The van der Waals surface area contributed by atoms with Gasteiger partial charge in [-0.15, -0.1) is 0 Å². The second kappa shape index (κ2) is 10.5. The Hall–Kier alpha value is -1.24. The molecule has 0 saturated heterocycles. The van der Waals surface area contributed by atoms with Crippen LogP contribution < -0.4 is 4.74 Å². The maximum Gasteiger partial charge on any atom is 0.119 e. The van der Waals surface area contributed by atoms with Crippen molar-refractivity contribution in [3.63, 3.8) is 0 Å². The van der Waals surface area contributed by atoms with E-state index in [9.17, 15) is 0 Å². The maximum absolute atomic E-state index is 5.93. The molecule has 0 N–H and O–H groups in total. The molecular weight excluding hydrogens is 256 g/mol. The molecule has 0 heterocycles. The lowest BCUT2D eigenvalue weighted by Gasteiger charge is -2.13. The van der Waals surface area contributed by atoms with Crippen molar-refractivity contribution < 1.29 is 4.74 Å². The van der Waals surface area contributed by atoms with Crippen molar-refractivity contribution in [1.29, 1.82) is 0 Å². The van der Waals surface area contributed by atoms with Crippen LogP contribution >= 0.6 is 0 Å². The van der Waals surface area contributed by atoms with Crippen molar-refractivity contribution in [2.75, 3.05) is 6.61 Å². The van der Waals surface area contributed by atoms with Crippen LogP contribution in [0.15, 0.2) is 24.3 Å². The summed E-state index contributed by atoms with van der Waals surface area (Å²) in [6.07, 6.45) is 11.0. The van der Waals surface area contributed by atoms with Crippen molar-refractivity contribution in [3.05, 3.63) is 35.4 Å². The number of rotatable bonds is 10. The third kappa shape index (κ3) is 6.37. The van der Waals surface area contributed by atoms with Gasteiger partial charge in [0, 0.05) is 0 Å². The van der Waals surface area contributed by atoms with Crippen molar-refractivity contribution >= 4 is 5.57 Å². The highest BCUT2D eigenvalue weighted by Crippen LogP contribution is 2.27. The van der Waals surface area contributed by atoms with Gasteiger partial charge in [-0.25, -0.2) is 0 Å². The molecular formula is C20H32O. The Balaban J connectivity index is 2.56. The zero-order valence-electron chi connectivity index (χ0n) is 14.4. The molecule has 0 radical (unpaired) electrons. The molecule has 0 aliphatic heterocycles. The molecule has 0 aliphatic carbocycles. The highest BCUT2D eigenvalue weighted by atomic mass is 16.5. The minimum absolute atomic E-state index is 0.838. The van der Waals surface area contributed by atoms with Gasteiger partial charge in [-0.05, 0) is 55.5 Å². The summed E-state index contributed by atoms with van der Waals surface area (Å²) in [6.45, 7) is 9.63. The highest BCUT2D eigenvalue weighted by Gasteiger charge is 2.06. The van der Waals surface area contributed by atoms with Crippen LogP contribution in [0.3, 0.4) is 0 Å². The largest absolute Gasteiger partial charge is 0.494 e. The number of unbranched alkanes of at least 4 members (excludes halogenated alkanes) is 4. The van der Waals surface area contributed by atoms with Crippen LogP contribution in [-0.2, 0) is 0 Å².